The quantitative estimate of drug-likeness (QED) is 0.860. The highest BCUT2D eigenvalue weighted by atomic mass is 16.3. The maximum atomic E-state index is 9.13. The van der Waals surface area contributed by atoms with E-state index in [9.17, 15) is 0 Å². The van der Waals surface area contributed by atoms with Gasteiger partial charge < -0.3 is 14.9 Å². The van der Waals surface area contributed by atoms with Crippen molar-refractivity contribution in [3.05, 3.63) is 17.5 Å². The Morgan fingerprint density at radius 3 is 2.94 bits per heavy atom. The average molecular weight is 250 g/mol. The van der Waals surface area contributed by atoms with Gasteiger partial charge in [0.25, 0.3) is 0 Å². The van der Waals surface area contributed by atoms with Crippen molar-refractivity contribution in [2.75, 3.05) is 32.1 Å². The highest BCUT2D eigenvalue weighted by molar-refractivity contribution is 5.33. The van der Waals surface area contributed by atoms with Crippen molar-refractivity contribution in [1.29, 1.82) is 0 Å². The lowest BCUT2D eigenvalue weighted by molar-refractivity contribution is 0.247. The molecule has 1 aromatic rings. The maximum absolute atomic E-state index is 9.13. The van der Waals surface area contributed by atoms with Crippen LogP contribution in [0.2, 0.25) is 0 Å². The van der Waals surface area contributed by atoms with Crippen molar-refractivity contribution in [2.24, 2.45) is 0 Å². The second kappa shape index (κ2) is 5.63. The minimum Gasteiger partial charge on any atom is -0.392 e. The number of rotatable bonds is 3. The first-order valence-corrected chi connectivity index (χ1v) is 6.46. The molecule has 1 aliphatic heterocycles. The van der Waals surface area contributed by atoms with Crippen molar-refractivity contribution in [1.82, 2.24) is 14.9 Å². The predicted octanol–water partition coefficient (Wildman–Crippen LogP) is 0.808. The number of likely N-dealkylation sites (N-methyl/N-ethyl adjacent to an activating group) is 2. The second-order valence-electron chi connectivity index (χ2n) is 5.11. The number of aliphatic hydroxyl groups excluding tert-OH is 1. The van der Waals surface area contributed by atoms with Crippen LogP contribution in [0.3, 0.4) is 0 Å². The number of nitrogens with zero attached hydrogens (tertiary/aromatic N) is 4. The van der Waals surface area contributed by atoms with Crippen LogP contribution in [0.5, 0.6) is 0 Å². The second-order valence-corrected chi connectivity index (χ2v) is 5.11. The Balaban J connectivity index is 2.12. The maximum Gasteiger partial charge on any atom is 0.225 e. The number of piperidine rings is 1. The van der Waals surface area contributed by atoms with Crippen LogP contribution in [0.4, 0.5) is 5.95 Å². The van der Waals surface area contributed by atoms with Gasteiger partial charge in [-0.15, -0.1) is 0 Å². The fourth-order valence-corrected chi connectivity index (χ4v) is 2.42. The highest BCUT2D eigenvalue weighted by Crippen LogP contribution is 2.18. The predicted molar refractivity (Wildman–Crippen MR) is 71.6 cm³/mol. The lowest BCUT2D eigenvalue weighted by Crippen LogP contribution is -2.45. The molecule has 0 aromatic carbocycles. The fourth-order valence-electron chi connectivity index (χ4n) is 2.42. The first kappa shape index (κ1) is 13.2. The molecule has 5 heteroatoms. The monoisotopic (exact) mass is 250 g/mol. The summed E-state index contributed by atoms with van der Waals surface area (Å²) in [5, 5.41) is 9.13. The van der Waals surface area contributed by atoms with E-state index in [1.54, 1.807) is 6.20 Å². The van der Waals surface area contributed by atoms with E-state index in [0.717, 1.165) is 23.8 Å². The summed E-state index contributed by atoms with van der Waals surface area (Å²) < 4.78 is 0. The molecule has 1 aromatic heterocycles. The van der Waals surface area contributed by atoms with Crippen molar-refractivity contribution in [3.63, 3.8) is 0 Å². The number of likely N-dealkylation sites (tertiary alicyclic amines) is 1. The normalized spacial score (nSPS) is 21.0. The van der Waals surface area contributed by atoms with E-state index < -0.39 is 0 Å². The Morgan fingerprint density at radius 1 is 1.56 bits per heavy atom. The summed E-state index contributed by atoms with van der Waals surface area (Å²) in [6.07, 6.45) is 4.13. The fraction of sp³-hybridized carbons (Fsp3) is 0.692. The molecular formula is C13H22N4O. The first-order chi connectivity index (χ1) is 8.61. The van der Waals surface area contributed by atoms with Crippen molar-refractivity contribution < 1.29 is 5.11 Å². The van der Waals surface area contributed by atoms with Crippen LogP contribution in [-0.4, -0.2) is 53.2 Å². The molecule has 1 fully saturated rings. The van der Waals surface area contributed by atoms with E-state index in [0.29, 0.717) is 6.04 Å². The molecule has 0 saturated carbocycles. The number of hydrogen-bond acceptors (Lipinski definition) is 5. The molecule has 100 valence electrons. The summed E-state index contributed by atoms with van der Waals surface area (Å²) in [4.78, 5) is 13.3. The van der Waals surface area contributed by atoms with Crippen molar-refractivity contribution in [3.8, 4) is 0 Å². The van der Waals surface area contributed by atoms with Crippen LogP contribution in [0, 0.1) is 6.92 Å². The van der Waals surface area contributed by atoms with E-state index >= 15 is 0 Å². The Labute approximate surface area is 108 Å². The van der Waals surface area contributed by atoms with Crippen LogP contribution >= 0.6 is 0 Å². The zero-order valence-electron chi connectivity index (χ0n) is 11.4. The molecule has 1 aliphatic rings. The third-order valence-corrected chi connectivity index (χ3v) is 3.70. The van der Waals surface area contributed by atoms with Gasteiger partial charge in [-0.25, -0.2) is 9.97 Å². The molecule has 2 rings (SSSR count). The smallest absolute Gasteiger partial charge is 0.225 e. The van der Waals surface area contributed by atoms with Crippen LogP contribution in [0.15, 0.2) is 6.20 Å². The van der Waals surface area contributed by atoms with E-state index in [2.05, 4.69) is 33.9 Å². The Bertz CT molecular complexity index is 410. The summed E-state index contributed by atoms with van der Waals surface area (Å²) in [5.41, 5.74) is 1.66. The Hall–Kier alpha value is -1.20. The molecule has 0 amide bonds. The highest BCUT2D eigenvalue weighted by Gasteiger charge is 2.22. The van der Waals surface area contributed by atoms with Gasteiger partial charge in [-0.3, -0.25) is 0 Å². The van der Waals surface area contributed by atoms with Gasteiger partial charge in [-0.2, -0.15) is 0 Å². The topological polar surface area (TPSA) is 52.5 Å². The molecule has 0 radical (unpaired) electrons. The molecule has 0 aliphatic carbocycles. The molecule has 1 N–H and O–H groups in total. The SMILES string of the molecule is Cc1nc(N(C)C2CCCN(C)C2)ncc1CO. The van der Waals surface area contributed by atoms with Crippen LogP contribution in [0.25, 0.3) is 0 Å². The van der Waals surface area contributed by atoms with Gasteiger partial charge in [-0.1, -0.05) is 0 Å². The van der Waals surface area contributed by atoms with Gasteiger partial charge in [0, 0.05) is 37.1 Å². The summed E-state index contributed by atoms with van der Waals surface area (Å²) in [5.74, 6) is 0.755. The zero-order chi connectivity index (χ0) is 13.1. The van der Waals surface area contributed by atoms with Gasteiger partial charge in [0.05, 0.1) is 6.61 Å². The summed E-state index contributed by atoms with van der Waals surface area (Å²) in [6.45, 7) is 4.15. The summed E-state index contributed by atoms with van der Waals surface area (Å²) >= 11 is 0. The van der Waals surface area contributed by atoms with Crippen LogP contribution in [0.1, 0.15) is 24.1 Å². The minimum atomic E-state index is 0.00198. The molecule has 1 saturated heterocycles. The van der Waals surface area contributed by atoms with Gasteiger partial charge >= 0.3 is 0 Å². The molecule has 0 spiro atoms. The number of anilines is 1. The minimum absolute atomic E-state index is 0.00198. The lowest BCUT2D eigenvalue weighted by atomic mass is 10.1. The standard InChI is InChI=1S/C13H22N4O/c1-10-11(9-18)7-14-13(15-10)17(3)12-5-4-6-16(2)8-12/h7,12,18H,4-6,8-9H2,1-3H3. The van der Waals surface area contributed by atoms with Crippen LogP contribution < -0.4 is 4.90 Å². The number of aryl methyl sites for hydroxylation is 1. The first-order valence-electron chi connectivity index (χ1n) is 6.46. The molecule has 2 heterocycles. The van der Waals surface area contributed by atoms with Crippen LogP contribution in [-0.2, 0) is 6.61 Å². The third kappa shape index (κ3) is 2.79. The lowest BCUT2D eigenvalue weighted by Gasteiger charge is -2.35. The van der Waals surface area contributed by atoms with Gasteiger partial charge in [0.2, 0.25) is 5.95 Å². The Kier molecular flexibility index (Phi) is 4.14. The molecule has 1 atom stereocenters. The third-order valence-electron chi connectivity index (χ3n) is 3.70. The van der Waals surface area contributed by atoms with Gasteiger partial charge in [0.1, 0.15) is 0 Å². The van der Waals surface area contributed by atoms with E-state index in [1.807, 2.05) is 6.92 Å². The van der Waals surface area contributed by atoms with Gasteiger partial charge in [-0.05, 0) is 33.4 Å². The molecule has 0 bridgehead atoms. The number of aliphatic hydroxyl groups is 1. The van der Waals surface area contributed by atoms with Crippen molar-refractivity contribution >= 4 is 5.95 Å². The summed E-state index contributed by atoms with van der Waals surface area (Å²) in [7, 11) is 4.21. The van der Waals surface area contributed by atoms with E-state index in [1.165, 1.54) is 19.4 Å². The molecule has 5 nitrogen and oxygen atoms in total. The van der Waals surface area contributed by atoms with Crippen molar-refractivity contribution in [2.45, 2.75) is 32.4 Å². The largest absolute Gasteiger partial charge is 0.392 e. The summed E-state index contributed by atoms with van der Waals surface area (Å²) in [6, 6.07) is 0.475. The van der Waals surface area contributed by atoms with E-state index in [4.69, 9.17) is 5.11 Å². The number of aromatic nitrogens is 2. The molecular weight excluding hydrogens is 228 g/mol. The average Bonchev–Trinajstić information content (AvgIpc) is 2.37. The zero-order valence-corrected chi connectivity index (χ0v) is 11.4. The number of hydrogen-bond donors (Lipinski definition) is 1. The van der Waals surface area contributed by atoms with Gasteiger partial charge in [0.15, 0.2) is 0 Å². The van der Waals surface area contributed by atoms with E-state index in [-0.39, 0.29) is 6.61 Å². The molecule has 1 unspecified atom stereocenters. The molecule has 18 heavy (non-hydrogen) atoms. The Morgan fingerprint density at radius 2 is 2.33 bits per heavy atom.